The maximum absolute atomic E-state index is 5.31. The minimum atomic E-state index is 0.639. The standard InChI is InChI=1S/C27H29N7O/c1-17-5-4-6-21-19(15-29-24(17)21)11-13-28-27-30-25-23-22(32-33(25)2)12-14-34(26(23)31-27)16-18-7-9-20(35-3)10-8-18/h4-10,15,29H,11-14,16H2,1-3H3,(H,28,30,31). The SMILES string of the molecule is COc1ccc(CN2CCc3nn(C)c4nc(NCCc5c[nH]c6c(C)cccc56)nc2c34)cc1. The number of para-hydroxylation sites is 1. The van der Waals surface area contributed by atoms with Crippen LogP contribution in [0.4, 0.5) is 11.8 Å². The van der Waals surface area contributed by atoms with Crippen LogP contribution < -0.4 is 15.0 Å². The van der Waals surface area contributed by atoms with Crippen LogP contribution in [0.3, 0.4) is 0 Å². The van der Waals surface area contributed by atoms with E-state index >= 15 is 0 Å². The lowest BCUT2D eigenvalue weighted by Gasteiger charge is -2.28. The van der Waals surface area contributed by atoms with Crippen molar-refractivity contribution >= 4 is 33.7 Å². The molecule has 6 rings (SSSR count). The number of fused-ring (bicyclic) bond motifs is 1. The molecular weight excluding hydrogens is 438 g/mol. The van der Waals surface area contributed by atoms with Crippen LogP contribution in [0.25, 0.3) is 21.9 Å². The summed E-state index contributed by atoms with van der Waals surface area (Å²) in [5.74, 6) is 2.45. The van der Waals surface area contributed by atoms with Crippen molar-refractivity contribution in [2.75, 3.05) is 30.4 Å². The number of aromatic amines is 1. The van der Waals surface area contributed by atoms with Gasteiger partial charge in [-0.25, -0.2) is 4.68 Å². The molecule has 8 nitrogen and oxygen atoms in total. The van der Waals surface area contributed by atoms with Gasteiger partial charge in [0.15, 0.2) is 5.65 Å². The third kappa shape index (κ3) is 3.84. The highest BCUT2D eigenvalue weighted by Crippen LogP contribution is 2.33. The van der Waals surface area contributed by atoms with Crippen LogP contribution in [0.5, 0.6) is 5.75 Å². The molecule has 0 aliphatic carbocycles. The Hall–Kier alpha value is -4.07. The van der Waals surface area contributed by atoms with Crippen LogP contribution in [-0.2, 0) is 26.4 Å². The van der Waals surface area contributed by atoms with Crippen LogP contribution in [-0.4, -0.2) is 44.9 Å². The number of hydrogen-bond donors (Lipinski definition) is 2. The fraction of sp³-hybridized carbons (Fsp3) is 0.296. The van der Waals surface area contributed by atoms with Gasteiger partial charge in [-0.1, -0.05) is 30.3 Å². The summed E-state index contributed by atoms with van der Waals surface area (Å²) in [6, 6.07) is 14.6. The molecule has 0 bridgehead atoms. The number of benzene rings is 2. The van der Waals surface area contributed by atoms with Crippen LogP contribution in [0.1, 0.15) is 22.4 Å². The van der Waals surface area contributed by atoms with E-state index < -0.39 is 0 Å². The highest BCUT2D eigenvalue weighted by molar-refractivity contribution is 5.92. The van der Waals surface area contributed by atoms with Crippen molar-refractivity contribution in [3.8, 4) is 5.75 Å². The minimum Gasteiger partial charge on any atom is -0.497 e. The quantitative estimate of drug-likeness (QED) is 0.370. The molecule has 3 aromatic heterocycles. The van der Waals surface area contributed by atoms with Gasteiger partial charge >= 0.3 is 0 Å². The van der Waals surface area contributed by atoms with Crippen molar-refractivity contribution in [3.63, 3.8) is 0 Å². The van der Waals surface area contributed by atoms with Gasteiger partial charge in [0.05, 0.1) is 18.2 Å². The van der Waals surface area contributed by atoms with E-state index in [1.807, 2.05) is 23.9 Å². The van der Waals surface area contributed by atoms with Crippen molar-refractivity contribution in [2.45, 2.75) is 26.3 Å². The molecule has 0 spiro atoms. The number of ether oxygens (including phenoxy) is 1. The lowest BCUT2D eigenvalue weighted by molar-refractivity contribution is 0.414. The average Bonchev–Trinajstić information content (AvgIpc) is 3.44. The lowest BCUT2D eigenvalue weighted by atomic mass is 10.1. The zero-order valence-electron chi connectivity index (χ0n) is 20.3. The molecular formula is C27H29N7O. The van der Waals surface area contributed by atoms with Gasteiger partial charge in [0.25, 0.3) is 0 Å². The van der Waals surface area contributed by atoms with Gasteiger partial charge in [-0.3, -0.25) is 0 Å². The van der Waals surface area contributed by atoms with E-state index in [0.717, 1.165) is 60.8 Å². The number of rotatable bonds is 7. The fourth-order valence-corrected chi connectivity index (χ4v) is 5.02. The monoisotopic (exact) mass is 467 g/mol. The van der Waals surface area contributed by atoms with E-state index in [0.29, 0.717) is 5.95 Å². The Morgan fingerprint density at radius 3 is 2.80 bits per heavy atom. The van der Waals surface area contributed by atoms with Gasteiger partial charge in [0.2, 0.25) is 5.95 Å². The molecule has 35 heavy (non-hydrogen) atoms. The smallest absolute Gasteiger partial charge is 0.226 e. The van der Waals surface area contributed by atoms with E-state index in [1.54, 1.807) is 7.11 Å². The molecule has 8 heteroatoms. The predicted octanol–water partition coefficient (Wildman–Crippen LogP) is 4.38. The minimum absolute atomic E-state index is 0.639. The first-order valence-electron chi connectivity index (χ1n) is 12.0. The Labute approximate surface area is 204 Å². The molecule has 0 radical (unpaired) electrons. The Kier molecular flexibility index (Phi) is 5.28. The molecule has 1 aliphatic rings. The molecule has 4 heterocycles. The number of aromatic nitrogens is 5. The summed E-state index contributed by atoms with van der Waals surface area (Å²) < 4.78 is 7.18. The largest absolute Gasteiger partial charge is 0.497 e. The first-order valence-corrected chi connectivity index (χ1v) is 12.0. The van der Waals surface area contributed by atoms with Gasteiger partial charge in [0.1, 0.15) is 11.6 Å². The highest BCUT2D eigenvalue weighted by Gasteiger charge is 2.26. The average molecular weight is 468 g/mol. The Morgan fingerprint density at radius 1 is 1.11 bits per heavy atom. The third-order valence-electron chi connectivity index (χ3n) is 6.87. The molecule has 0 saturated heterocycles. The van der Waals surface area contributed by atoms with Crippen LogP contribution in [0.2, 0.25) is 0 Å². The van der Waals surface area contributed by atoms with Gasteiger partial charge < -0.3 is 19.9 Å². The second-order valence-corrected chi connectivity index (χ2v) is 9.15. The maximum Gasteiger partial charge on any atom is 0.226 e. The van der Waals surface area contributed by atoms with Crippen LogP contribution in [0, 0.1) is 6.92 Å². The molecule has 2 N–H and O–H groups in total. The van der Waals surface area contributed by atoms with Crippen LogP contribution in [0.15, 0.2) is 48.7 Å². The van der Waals surface area contributed by atoms with E-state index in [-0.39, 0.29) is 0 Å². The predicted molar refractivity (Wildman–Crippen MR) is 139 cm³/mol. The first kappa shape index (κ1) is 21.5. The van der Waals surface area contributed by atoms with Crippen molar-refractivity contribution < 1.29 is 4.74 Å². The van der Waals surface area contributed by atoms with Gasteiger partial charge in [-0.15, -0.1) is 0 Å². The second-order valence-electron chi connectivity index (χ2n) is 9.15. The van der Waals surface area contributed by atoms with Crippen molar-refractivity contribution in [1.82, 2.24) is 24.7 Å². The first-order chi connectivity index (χ1) is 17.1. The molecule has 0 saturated carbocycles. The van der Waals surface area contributed by atoms with E-state index in [9.17, 15) is 0 Å². The van der Waals surface area contributed by atoms with Gasteiger partial charge in [0, 0.05) is 50.2 Å². The van der Waals surface area contributed by atoms with E-state index in [2.05, 4.69) is 58.7 Å². The van der Waals surface area contributed by atoms with E-state index in [1.165, 1.54) is 27.6 Å². The number of anilines is 2. The lowest BCUT2D eigenvalue weighted by Crippen LogP contribution is -2.29. The topological polar surface area (TPSA) is 83.9 Å². The zero-order chi connectivity index (χ0) is 23.9. The van der Waals surface area contributed by atoms with E-state index in [4.69, 9.17) is 19.8 Å². The van der Waals surface area contributed by atoms with Crippen molar-refractivity contribution in [3.05, 3.63) is 71.0 Å². The highest BCUT2D eigenvalue weighted by atomic mass is 16.5. The number of aryl methyl sites for hydroxylation is 2. The van der Waals surface area contributed by atoms with Crippen molar-refractivity contribution in [2.24, 2.45) is 7.05 Å². The summed E-state index contributed by atoms with van der Waals surface area (Å²) in [6.45, 7) is 4.53. The summed E-state index contributed by atoms with van der Waals surface area (Å²) >= 11 is 0. The molecule has 178 valence electrons. The molecule has 0 fully saturated rings. The number of nitrogens with zero attached hydrogens (tertiary/aromatic N) is 5. The van der Waals surface area contributed by atoms with Crippen LogP contribution >= 0.6 is 0 Å². The zero-order valence-corrected chi connectivity index (χ0v) is 20.3. The summed E-state index contributed by atoms with van der Waals surface area (Å²) in [6.07, 6.45) is 3.88. The molecule has 0 unspecified atom stereocenters. The van der Waals surface area contributed by atoms with Gasteiger partial charge in [-0.05, 0) is 42.2 Å². The van der Waals surface area contributed by atoms with Gasteiger partial charge in [-0.2, -0.15) is 15.1 Å². The number of nitrogens with one attached hydrogen (secondary N) is 2. The fourth-order valence-electron chi connectivity index (χ4n) is 5.02. The molecule has 2 aromatic carbocycles. The van der Waals surface area contributed by atoms with Crippen molar-refractivity contribution in [1.29, 1.82) is 0 Å². The molecule has 0 amide bonds. The Morgan fingerprint density at radius 2 is 1.97 bits per heavy atom. The summed E-state index contributed by atoms with van der Waals surface area (Å²) in [5.41, 5.74) is 6.93. The maximum atomic E-state index is 5.31. The summed E-state index contributed by atoms with van der Waals surface area (Å²) in [5, 5.41) is 10.5. The Balaban J connectivity index is 1.26. The molecule has 1 aliphatic heterocycles. The number of methoxy groups -OCH3 is 1. The second kappa shape index (κ2) is 8.61. The third-order valence-corrected chi connectivity index (χ3v) is 6.87. The summed E-state index contributed by atoms with van der Waals surface area (Å²) in [7, 11) is 3.65. The normalized spacial score (nSPS) is 13.1. The summed E-state index contributed by atoms with van der Waals surface area (Å²) in [4.78, 5) is 15.5. The Bertz CT molecular complexity index is 1520. The molecule has 0 atom stereocenters. The number of H-pyrrole nitrogens is 1. The number of hydrogen-bond acceptors (Lipinski definition) is 6. The molecule has 5 aromatic rings.